The summed E-state index contributed by atoms with van der Waals surface area (Å²) in [5.74, 6) is -0.160. The first-order chi connectivity index (χ1) is 12.4. The third kappa shape index (κ3) is 4.04. The van der Waals surface area contributed by atoms with Gasteiger partial charge >= 0.3 is 5.97 Å². The van der Waals surface area contributed by atoms with Crippen molar-refractivity contribution in [2.24, 2.45) is 0 Å². The maximum Gasteiger partial charge on any atom is 0.344 e. The third-order valence-corrected chi connectivity index (χ3v) is 4.38. The zero-order valence-electron chi connectivity index (χ0n) is 15.3. The third-order valence-electron chi connectivity index (χ3n) is 4.38. The number of aryl methyl sites for hydroxylation is 2. The van der Waals surface area contributed by atoms with Gasteiger partial charge in [-0.1, -0.05) is 24.3 Å². The SMILES string of the molecule is Cc1cc(C)cc(OCC(=O)OCC(=O)N2c3ccccc3C[C@H]2C)c1. The Morgan fingerprint density at radius 3 is 2.50 bits per heavy atom. The molecule has 1 aliphatic rings. The first-order valence-electron chi connectivity index (χ1n) is 8.70. The summed E-state index contributed by atoms with van der Waals surface area (Å²) in [5.41, 5.74) is 4.15. The summed E-state index contributed by atoms with van der Waals surface area (Å²) >= 11 is 0. The molecule has 0 radical (unpaired) electrons. The summed E-state index contributed by atoms with van der Waals surface area (Å²) < 4.78 is 10.6. The lowest BCUT2D eigenvalue weighted by Gasteiger charge is -2.22. The monoisotopic (exact) mass is 353 g/mol. The molecule has 1 amide bonds. The lowest BCUT2D eigenvalue weighted by Crippen LogP contribution is -2.39. The van der Waals surface area contributed by atoms with Gasteiger partial charge in [-0.05, 0) is 62.1 Å². The molecule has 0 saturated carbocycles. The van der Waals surface area contributed by atoms with E-state index in [-0.39, 0.29) is 25.2 Å². The van der Waals surface area contributed by atoms with Crippen molar-refractivity contribution in [3.05, 3.63) is 59.2 Å². The average Bonchev–Trinajstić information content (AvgIpc) is 2.93. The number of esters is 1. The fourth-order valence-electron chi connectivity index (χ4n) is 3.36. The van der Waals surface area contributed by atoms with E-state index in [0.29, 0.717) is 5.75 Å². The number of anilines is 1. The molecule has 0 aromatic heterocycles. The molecule has 0 aliphatic carbocycles. The Kier molecular flexibility index (Phi) is 5.26. The summed E-state index contributed by atoms with van der Waals surface area (Å²) in [6.45, 7) is 5.41. The van der Waals surface area contributed by atoms with Gasteiger partial charge in [0.1, 0.15) is 5.75 Å². The number of fused-ring (bicyclic) bond motifs is 1. The number of carbonyl (C=O) groups excluding carboxylic acids is 2. The summed E-state index contributed by atoms with van der Waals surface area (Å²) in [7, 11) is 0. The lowest BCUT2D eigenvalue weighted by atomic mass is 10.1. The maximum absolute atomic E-state index is 12.5. The van der Waals surface area contributed by atoms with E-state index in [2.05, 4.69) is 0 Å². The van der Waals surface area contributed by atoms with Crippen LogP contribution >= 0.6 is 0 Å². The first-order valence-corrected chi connectivity index (χ1v) is 8.70. The largest absolute Gasteiger partial charge is 0.482 e. The highest BCUT2D eigenvalue weighted by Crippen LogP contribution is 2.31. The van der Waals surface area contributed by atoms with Crippen LogP contribution in [-0.4, -0.2) is 31.1 Å². The van der Waals surface area contributed by atoms with Crippen LogP contribution in [0.15, 0.2) is 42.5 Å². The topological polar surface area (TPSA) is 55.8 Å². The van der Waals surface area contributed by atoms with Crippen molar-refractivity contribution < 1.29 is 19.1 Å². The van der Waals surface area contributed by atoms with Crippen LogP contribution in [0.25, 0.3) is 0 Å². The van der Waals surface area contributed by atoms with Crippen LogP contribution < -0.4 is 9.64 Å². The Balaban J connectivity index is 1.52. The van der Waals surface area contributed by atoms with E-state index < -0.39 is 5.97 Å². The minimum Gasteiger partial charge on any atom is -0.482 e. The molecule has 1 heterocycles. The van der Waals surface area contributed by atoms with E-state index in [4.69, 9.17) is 9.47 Å². The second-order valence-electron chi connectivity index (χ2n) is 6.72. The number of benzene rings is 2. The van der Waals surface area contributed by atoms with Crippen LogP contribution in [0.4, 0.5) is 5.69 Å². The number of amides is 1. The molecule has 2 aromatic rings. The van der Waals surface area contributed by atoms with Crippen molar-refractivity contribution in [2.75, 3.05) is 18.1 Å². The first kappa shape index (κ1) is 18.0. The van der Waals surface area contributed by atoms with Gasteiger partial charge in [0.05, 0.1) is 0 Å². The summed E-state index contributed by atoms with van der Waals surface area (Å²) in [5, 5.41) is 0. The molecule has 26 heavy (non-hydrogen) atoms. The van der Waals surface area contributed by atoms with Crippen LogP contribution in [-0.2, 0) is 20.7 Å². The number of hydrogen-bond donors (Lipinski definition) is 0. The summed E-state index contributed by atoms with van der Waals surface area (Å²) in [6, 6.07) is 13.6. The molecule has 2 aromatic carbocycles. The van der Waals surface area contributed by atoms with Crippen molar-refractivity contribution in [3.8, 4) is 5.75 Å². The molecule has 136 valence electrons. The molecule has 5 heteroatoms. The van der Waals surface area contributed by atoms with E-state index in [1.807, 2.05) is 63.2 Å². The number of hydrogen-bond acceptors (Lipinski definition) is 4. The van der Waals surface area contributed by atoms with Crippen LogP contribution in [0.3, 0.4) is 0 Å². The van der Waals surface area contributed by atoms with Gasteiger partial charge < -0.3 is 14.4 Å². The highest BCUT2D eigenvalue weighted by atomic mass is 16.6. The summed E-state index contributed by atoms with van der Waals surface area (Å²) in [4.78, 5) is 26.1. The molecule has 0 saturated heterocycles. The summed E-state index contributed by atoms with van der Waals surface area (Å²) in [6.07, 6.45) is 0.811. The van der Waals surface area contributed by atoms with Crippen LogP contribution in [0.1, 0.15) is 23.6 Å². The van der Waals surface area contributed by atoms with Gasteiger partial charge in [-0.15, -0.1) is 0 Å². The number of para-hydroxylation sites is 1. The van der Waals surface area contributed by atoms with Gasteiger partial charge in [-0.2, -0.15) is 0 Å². The Morgan fingerprint density at radius 1 is 1.08 bits per heavy atom. The number of nitrogens with zero attached hydrogens (tertiary/aromatic N) is 1. The quantitative estimate of drug-likeness (QED) is 0.775. The Labute approximate surface area is 153 Å². The maximum atomic E-state index is 12.5. The molecule has 0 bridgehead atoms. The van der Waals surface area contributed by atoms with E-state index in [1.54, 1.807) is 4.90 Å². The van der Waals surface area contributed by atoms with Crippen molar-refractivity contribution in [2.45, 2.75) is 33.2 Å². The van der Waals surface area contributed by atoms with Crippen LogP contribution in [0.2, 0.25) is 0 Å². The molecule has 3 rings (SSSR count). The molecule has 0 spiro atoms. The number of carbonyl (C=O) groups is 2. The van der Waals surface area contributed by atoms with Gasteiger partial charge in [0.2, 0.25) is 0 Å². The van der Waals surface area contributed by atoms with Gasteiger partial charge in [0.25, 0.3) is 5.91 Å². The molecular formula is C21H23NO4. The average molecular weight is 353 g/mol. The molecular weight excluding hydrogens is 330 g/mol. The van der Waals surface area contributed by atoms with Crippen LogP contribution in [0.5, 0.6) is 5.75 Å². The zero-order chi connectivity index (χ0) is 18.7. The number of ether oxygens (including phenoxy) is 2. The van der Waals surface area contributed by atoms with Gasteiger partial charge in [-0.25, -0.2) is 4.79 Å². The molecule has 1 aliphatic heterocycles. The van der Waals surface area contributed by atoms with Gasteiger partial charge in [0.15, 0.2) is 13.2 Å². The minimum atomic E-state index is -0.558. The van der Waals surface area contributed by atoms with Gasteiger partial charge in [0, 0.05) is 11.7 Å². The zero-order valence-corrected chi connectivity index (χ0v) is 15.3. The van der Waals surface area contributed by atoms with E-state index in [1.165, 1.54) is 0 Å². The van der Waals surface area contributed by atoms with Crippen LogP contribution in [0, 0.1) is 13.8 Å². The van der Waals surface area contributed by atoms with Crippen molar-refractivity contribution in [1.82, 2.24) is 0 Å². The standard InChI is InChI=1S/C21H23NO4/c1-14-8-15(2)10-18(9-14)25-13-21(24)26-12-20(23)22-16(3)11-17-6-4-5-7-19(17)22/h4-10,16H,11-13H2,1-3H3/t16-/m1/s1. The molecule has 0 N–H and O–H groups in total. The van der Waals surface area contributed by atoms with E-state index in [9.17, 15) is 9.59 Å². The molecule has 0 unspecified atom stereocenters. The van der Waals surface area contributed by atoms with Gasteiger partial charge in [-0.3, -0.25) is 4.79 Å². The lowest BCUT2D eigenvalue weighted by molar-refractivity contribution is -0.149. The predicted octanol–water partition coefficient (Wildman–Crippen LogP) is 3.20. The van der Waals surface area contributed by atoms with Crippen molar-refractivity contribution >= 4 is 17.6 Å². The van der Waals surface area contributed by atoms with E-state index in [0.717, 1.165) is 28.8 Å². The Hall–Kier alpha value is -2.82. The Bertz CT molecular complexity index is 810. The fourth-order valence-corrected chi connectivity index (χ4v) is 3.36. The minimum absolute atomic E-state index is 0.0603. The molecule has 5 nitrogen and oxygen atoms in total. The molecule has 1 atom stereocenters. The Morgan fingerprint density at radius 2 is 1.77 bits per heavy atom. The highest BCUT2D eigenvalue weighted by molar-refractivity contribution is 5.97. The normalized spacial score (nSPS) is 15.5. The van der Waals surface area contributed by atoms with E-state index >= 15 is 0 Å². The smallest absolute Gasteiger partial charge is 0.344 e. The second-order valence-corrected chi connectivity index (χ2v) is 6.72. The fraction of sp³-hybridized carbons (Fsp3) is 0.333. The van der Waals surface area contributed by atoms with Crippen molar-refractivity contribution in [1.29, 1.82) is 0 Å². The highest BCUT2D eigenvalue weighted by Gasteiger charge is 2.30. The predicted molar refractivity (Wildman–Crippen MR) is 99.5 cm³/mol. The molecule has 0 fully saturated rings. The van der Waals surface area contributed by atoms with Crippen molar-refractivity contribution in [3.63, 3.8) is 0 Å². The second kappa shape index (κ2) is 7.60. The number of rotatable bonds is 5.